The highest BCUT2D eigenvalue weighted by Gasteiger charge is 2.17. The number of ether oxygens (including phenoxy) is 1. The van der Waals surface area contributed by atoms with Gasteiger partial charge in [-0.25, -0.2) is 4.98 Å². The van der Waals surface area contributed by atoms with Crippen molar-refractivity contribution in [3.8, 4) is 6.07 Å². The molecule has 2 heterocycles. The number of nitrogens with zero attached hydrogens (tertiary/aromatic N) is 2. The smallest absolute Gasteiger partial charge is 0.114 e. The first-order chi connectivity index (χ1) is 7.40. The van der Waals surface area contributed by atoms with Crippen molar-refractivity contribution in [1.29, 1.82) is 5.26 Å². The third-order valence-electron chi connectivity index (χ3n) is 2.34. The van der Waals surface area contributed by atoms with Gasteiger partial charge in [0.05, 0.1) is 5.56 Å². The molecule has 1 fully saturated rings. The molecule has 0 aromatic carbocycles. The molecule has 1 saturated heterocycles. The van der Waals surface area contributed by atoms with Crippen LogP contribution in [0.1, 0.15) is 18.4 Å². The first-order valence-corrected chi connectivity index (χ1v) is 5.87. The zero-order chi connectivity index (χ0) is 10.5. The quantitative estimate of drug-likeness (QED) is 0.766. The Bertz CT molecular complexity index is 369. The van der Waals surface area contributed by atoms with Crippen LogP contribution in [0.3, 0.4) is 0 Å². The molecule has 4 heteroatoms. The highest BCUT2D eigenvalue weighted by Crippen LogP contribution is 2.29. The lowest BCUT2D eigenvalue weighted by molar-refractivity contribution is 0.1000. The second-order valence-corrected chi connectivity index (χ2v) is 4.69. The number of rotatable bonds is 2. The fraction of sp³-hybridized carbons (Fsp3) is 0.455. The summed E-state index contributed by atoms with van der Waals surface area (Å²) >= 11 is 1.70. The lowest BCUT2D eigenvalue weighted by Crippen LogP contribution is -2.17. The highest BCUT2D eigenvalue weighted by molar-refractivity contribution is 7.99. The zero-order valence-corrected chi connectivity index (χ0v) is 9.17. The van der Waals surface area contributed by atoms with E-state index in [-0.39, 0.29) is 0 Å². The maximum atomic E-state index is 8.92. The Morgan fingerprint density at radius 1 is 1.47 bits per heavy atom. The van der Waals surface area contributed by atoms with Gasteiger partial charge in [-0.3, -0.25) is 0 Å². The highest BCUT2D eigenvalue weighted by atomic mass is 32.2. The van der Waals surface area contributed by atoms with E-state index in [1.54, 1.807) is 24.0 Å². The average Bonchev–Trinajstić information content (AvgIpc) is 2.31. The average molecular weight is 220 g/mol. The minimum Gasteiger partial charge on any atom is -0.381 e. The van der Waals surface area contributed by atoms with Crippen molar-refractivity contribution in [2.24, 2.45) is 0 Å². The zero-order valence-electron chi connectivity index (χ0n) is 8.35. The van der Waals surface area contributed by atoms with Gasteiger partial charge >= 0.3 is 0 Å². The Morgan fingerprint density at radius 3 is 3.00 bits per heavy atom. The van der Waals surface area contributed by atoms with Crippen molar-refractivity contribution >= 4 is 11.8 Å². The van der Waals surface area contributed by atoms with Crippen LogP contribution in [-0.2, 0) is 4.74 Å². The van der Waals surface area contributed by atoms with Gasteiger partial charge in [-0.15, -0.1) is 11.8 Å². The van der Waals surface area contributed by atoms with Crippen LogP contribution >= 0.6 is 11.8 Å². The van der Waals surface area contributed by atoms with E-state index < -0.39 is 0 Å². The van der Waals surface area contributed by atoms with Crippen LogP contribution in [0.5, 0.6) is 0 Å². The predicted molar refractivity (Wildman–Crippen MR) is 58.7 cm³/mol. The lowest BCUT2D eigenvalue weighted by Gasteiger charge is -2.21. The second kappa shape index (κ2) is 5.15. The Hall–Kier alpha value is -1.05. The first-order valence-electron chi connectivity index (χ1n) is 4.99. The van der Waals surface area contributed by atoms with Crippen LogP contribution < -0.4 is 0 Å². The van der Waals surface area contributed by atoms with Gasteiger partial charge in [0.15, 0.2) is 0 Å². The maximum absolute atomic E-state index is 8.92. The van der Waals surface area contributed by atoms with Crippen molar-refractivity contribution in [2.45, 2.75) is 23.1 Å². The molecule has 3 nitrogen and oxygen atoms in total. The lowest BCUT2D eigenvalue weighted by atomic mass is 10.2. The number of pyridine rings is 1. The molecule has 0 N–H and O–H groups in total. The number of nitriles is 1. The van der Waals surface area contributed by atoms with E-state index in [2.05, 4.69) is 11.1 Å². The molecular weight excluding hydrogens is 208 g/mol. The summed E-state index contributed by atoms with van der Waals surface area (Å²) in [4.78, 5) is 4.24. The van der Waals surface area contributed by atoms with E-state index in [0.29, 0.717) is 10.8 Å². The number of thioether (sulfide) groups is 1. The summed E-state index contributed by atoms with van der Waals surface area (Å²) in [6.45, 7) is 1.65. The summed E-state index contributed by atoms with van der Waals surface area (Å²) in [6, 6.07) is 5.78. The molecule has 1 aliphatic rings. The van der Waals surface area contributed by atoms with Crippen LogP contribution in [0.15, 0.2) is 23.4 Å². The molecule has 0 aliphatic carbocycles. The largest absolute Gasteiger partial charge is 0.381 e. The minimum atomic E-state index is 0.542. The monoisotopic (exact) mass is 220 g/mol. The Morgan fingerprint density at radius 2 is 2.27 bits per heavy atom. The molecule has 0 radical (unpaired) electrons. The molecular formula is C11H12N2OS. The van der Waals surface area contributed by atoms with E-state index in [1.165, 1.54) is 0 Å². The summed E-state index contributed by atoms with van der Waals surface area (Å²) in [7, 11) is 0. The van der Waals surface area contributed by atoms with E-state index in [1.807, 2.05) is 6.07 Å². The maximum Gasteiger partial charge on any atom is 0.114 e. The minimum absolute atomic E-state index is 0.542. The van der Waals surface area contributed by atoms with Crippen LogP contribution in [0.25, 0.3) is 0 Å². The molecule has 15 heavy (non-hydrogen) atoms. The number of aromatic nitrogens is 1. The topological polar surface area (TPSA) is 45.9 Å². The van der Waals surface area contributed by atoms with Crippen molar-refractivity contribution in [3.63, 3.8) is 0 Å². The van der Waals surface area contributed by atoms with Crippen molar-refractivity contribution < 1.29 is 4.74 Å². The SMILES string of the molecule is N#Cc1cccnc1SC1CCOCC1. The summed E-state index contributed by atoms with van der Waals surface area (Å²) in [5.74, 6) is 0. The Balaban J connectivity index is 2.06. The molecule has 1 aliphatic heterocycles. The van der Waals surface area contributed by atoms with E-state index in [4.69, 9.17) is 10.00 Å². The summed E-state index contributed by atoms with van der Waals surface area (Å²) in [5.41, 5.74) is 0.675. The fourth-order valence-electron chi connectivity index (χ4n) is 1.52. The van der Waals surface area contributed by atoms with Crippen molar-refractivity contribution in [1.82, 2.24) is 4.98 Å². The van der Waals surface area contributed by atoms with E-state index in [0.717, 1.165) is 31.1 Å². The van der Waals surface area contributed by atoms with Gasteiger partial charge in [-0.2, -0.15) is 5.26 Å². The Labute approximate surface area is 93.5 Å². The molecule has 0 atom stereocenters. The van der Waals surface area contributed by atoms with Crippen LogP contribution in [0.4, 0.5) is 0 Å². The fourth-order valence-corrected chi connectivity index (χ4v) is 2.63. The third-order valence-corrected chi connectivity index (χ3v) is 3.69. The van der Waals surface area contributed by atoms with E-state index >= 15 is 0 Å². The third kappa shape index (κ3) is 2.71. The molecule has 0 amide bonds. The molecule has 2 rings (SSSR count). The molecule has 0 unspecified atom stereocenters. The first kappa shape index (κ1) is 10.5. The van der Waals surface area contributed by atoms with Gasteiger partial charge < -0.3 is 4.74 Å². The van der Waals surface area contributed by atoms with Gasteiger partial charge in [-0.1, -0.05) is 0 Å². The predicted octanol–water partition coefficient (Wildman–Crippen LogP) is 2.22. The Kier molecular flexibility index (Phi) is 3.59. The summed E-state index contributed by atoms with van der Waals surface area (Å²) < 4.78 is 5.30. The molecule has 78 valence electrons. The van der Waals surface area contributed by atoms with Gasteiger partial charge in [0, 0.05) is 24.7 Å². The van der Waals surface area contributed by atoms with Gasteiger partial charge in [0.1, 0.15) is 11.1 Å². The molecule has 0 spiro atoms. The van der Waals surface area contributed by atoms with Crippen molar-refractivity contribution in [3.05, 3.63) is 23.9 Å². The van der Waals surface area contributed by atoms with Gasteiger partial charge in [-0.05, 0) is 25.0 Å². The van der Waals surface area contributed by atoms with Crippen molar-refractivity contribution in [2.75, 3.05) is 13.2 Å². The molecule has 0 saturated carbocycles. The summed E-state index contributed by atoms with van der Waals surface area (Å²) in [6.07, 6.45) is 3.83. The molecule has 0 bridgehead atoms. The normalized spacial score (nSPS) is 17.3. The van der Waals surface area contributed by atoms with Crippen LogP contribution in [0.2, 0.25) is 0 Å². The standard InChI is InChI=1S/C11H12N2OS/c12-8-9-2-1-5-13-11(9)15-10-3-6-14-7-4-10/h1-2,5,10H,3-4,6-7H2. The van der Waals surface area contributed by atoms with Gasteiger partial charge in [0.25, 0.3) is 0 Å². The number of hydrogen-bond donors (Lipinski definition) is 0. The van der Waals surface area contributed by atoms with Gasteiger partial charge in [0.2, 0.25) is 0 Å². The summed E-state index contributed by atoms with van der Waals surface area (Å²) in [5, 5.41) is 10.3. The van der Waals surface area contributed by atoms with Crippen LogP contribution in [0, 0.1) is 11.3 Å². The second-order valence-electron chi connectivity index (χ2n) is 3.40. The van der Waals surface area contributed by atoms with E-state index in [9.17, 15) is 0 Å². The molecule has 1 aromatic heterocycles. The molecule has 1 aromatic rings. The number of hydrogen-bond acceptors (Lipinski definition) is 4. The van der Waals surface area contributed by atoms with Crippen LogP contribution in [-0.4, -0.2) is 23.4 Å².